The summed E-state index contributed by atoms with van der Waals surface area (Å²) in [6, 6.07) is 16.0. The van der Waals surface area contributed by atoms with Gasteiger partial charge in [0.15, 0.2) is 0 Å². The Morgan fingerprint density at radius 3 is 1.44 bits per heavy atom. The summed E-state index contributed by atoms with van der Waals surface area (Å²) in [6.07, 6.45) is 9.50. The van der Waals surface area contributed by atoms with Crippen molar-refractivity contribution in [1.82, 2.24) is 24.9 Å². The highest BCUT2D eigenvalue weighted by Crippen LogP contribution is 2.29. The van der Waals surface area contributed by atoms with Crippen LogP contribution in [0, 0.1) is 22.7 Å². The standard InChI is InChI=1S/C27H15N7O2/c28-10-22-20(16-3-1-5-30-12-16)8-24(33-26(22)35)18-7-19(15-32-14-18)25-9-21(17-4-2-6-31-13-17)23(11-29)27(36)34-25/h1-9,12-15H,(H,33,35)(H,34,36). The number of pyridine rings is 5. The fourth-order valence-electron chi connectivity index (χ4n) is 3.89. The number of rotatable bonds is 4. The maximum absolute atomic E-state index is 12.7. The lowest BCUT2D eigenvalue weighted by Gasteiger charge is -2.10. The topological polar surface area (TPSA) is 152 Å². The van der Waals surface area contributed by atoms with E-state index in [-0.39, 0.29) is 11.1 Å². The number of hydrogen-bond donors (Lipinski definition) is 2. The van der Waals surface area contributed by atoms with E-state index in [2.05, 4.69) is 24.9 Å². The Bertz CT molecular complexity index is 1670. The van der Waals surface area contributed by atoms with Crippen molar-refractivity contribution in [3.63, 3.8) is 0 Å². The van der Waals surface area contributed by atoms with Crippen LogP contribution in [0.3, 0.4) is 0 Å². The molecule has 0 bridgehead atoms. The predicted molar refractivity (Wildman–Crippen MR) is 132 cm³/mol. The van der Waals surface area contributed by atoms with Gasteiger partial charge >= 0.3 is 0 Å². The second-order valence-corrected chi connectivity index (χ2v) is 7.77. The molecule has 36 heavy (non-hydrogen) atoms. The molecule has 0 amide bonds. The molecule has 0 fully saturated rings. The zero-order chi connectivity index (χ0) is 25.1. The molecule has 0 aromatic carbocycles. The van der Waals surface area contributed by atoms with E-state index in [9.17, 15) is 20.1 Å². The van der Waals surface area contributed by atoms with E-state index < -0.39 is 11.1 Å². The molecule has 0 radical (unpaired) electrons. The van der Waals surface area contributed by atoms with Crippen LogP contribution in [-0.2, 0) is 0 Å². The van der Waals surface area contributed by atoms with Crippen LogP contribution in [0.1, 0.15) is 11.1 Å². The summed E-state index contributed by atoms with van der Waals surface area (Å²) < 4.78 is 0. The molecule has 5 rings (SSSR count). The van der Waals surface area contributed by atoms with E-state index in [0.29, 0.717) is 44.8 Å². The third-order valence-corrected chi connectivity index (χ3v) is 5.60. The molecule has 0 aliphatic carbocycles. The SMILES string of the molecule is N#Cc1c(-c2cccnc2)cc(-c2cncc(-c3cc(-c4cccnc4)c(C#N)c(=O)[nH]3)c2)[nH]c1=O. The number of H-pyrrole nitrogens is 2. The van der Waals surface area contributed by atoms with Crippen LogP contribution in [0.15, 0.2) is 89.2 Å². The quantitative estimate of drug-likeness (QED) is 0.407. The Morgan fingerprint density at radius 1 is 0.611 bits per heavy atom. The fourth-order valence-corrected chi connectivity index (χ4v) is 3.89. The minimum atomic E-state index is -0.537. The Balaban J connectivity index is 1.66. The second-order valence-electron chi connectivity index (χ2n) is 7.77. The molecule has 5 aromatic rings. The van der Waals surface area contributed by atoms with Gasteiger partial charge in [0, 0.05) is 70.6 Å². The number of nitrogens with one attached hydrogen (secondary N) is 2. The molecule has 0 atom stereocenters. The summed E-state index contributed by atoms with van der Waals surface area (Å²) in [5.74, 6) is 0. The van der Waals surface area contributed by atoms with Gasteiger partial charge in [0.2, 0.25) is 0 Å². The Hall–Kier alpha value is -5.67. The molecule has 5 aromatic heterocycles. The van der Waals surface area contributed by atoms with Crippen LogP contribution in [-0.4, -0.2) is 24.9 Å². The summed E-state index contributed by atoms with van der Waals surface area (Å²) in [7, 11) is 0. The summed E-state index contributed by atoms with van der Waals surface area (Å²) in [6.45, 7) is 0. The number of nitriles is 2. The van der Waals surface area contributed by atoms with E-state index in [4.69, 9.17) is 0 Å². The number of aromatic amines is 2. The molecular weight excluding hydrogens is 454 g/mol. The molecule has 0 saturated carbocycles. The summed E-state index contributed by atoms with van der Waals surface area (Å²) in [5.41, 5.74) is 3.04. The smallest absolute Gasteiger partial charge is 0.266 e. The maximum Gasteiger partial charge on any atom is 0.266 e. The minimum Gasteiger partial charge on any atom is -0.321 e. The molecule has 0 spiro atoms. The van der Waals surface area contributed by atoms with Gasteiger partial charge in [0.25, 0.3) is 11.1 Å². The third-order valence-electron chi connectivity index (χ3n) is 5.60. The van der Waals surface area contributed by atoms with Crippen LogP contribution in [0.4, 0.5) is 0 Å². The number of nitrogens with zero attached hydrogens (tertiary/aromatic N) is 5. The molecule has 9 heteroatoms. The number of aromatic nitrogens is 5. The van der Waals surface area contributed by atoms with Crippen molar-refractivity contribution < 1.29 is 0 Å². The van der Waals surface area contributed by atoms with E-state index in [1.807, 2.05) is 12.1 Å². The van der Waals surface area contributed by atoms with Crippen LogP contribution < -0.4 is 11.1 Å². The molecule has 0 saturated heterocycles. The van der Waals surface area contributed by atoms with Crippen molar-refractivity contribution >= 4 is 0 Å². The lowest BCUT2D eigenvalue weighted by molar-refractivity contribution is 1.19. The van der Waals surface area contributed by atoms with E-state index >= 15 is 0 Å². The fraction of sp³-hybridized carbons (Fsp3) is 0. The molecule has 0 unspecified atom stereocenters. The largest absolute Gasteiger partial charge is 0.321 e. The van der Waals surface area contributed by atoms with Crippen molar-refractivity contribution in [3.05, 3.63) is 111 Å². The zero-order valence-electron chi connectivity index (χ0n) is 18.6. The average molecular weight is 469 g/mol. The van der Waals surface area contributed by atoms with Crippen LogP contribution in [0.2, 0.25) is 0 Å². The monoisotopic (exact) mass is 469 g/mol. The van der Waals surface area contributed by atoms with Gasteiger partial charge in [-0.3, -0.25) is 24.5 Å². The molecule has 0 aliphatic heterocycles. The van der Waals surface area contributed by atoms with Gasteiger partial charge in [-0.05, 0) is 30.3 Å². The highest BCUT2D eigenvalue weighted by atomic mass is 16.1. The van der Waals surface area contributed by atoms with Gasteiger partial charge in [0.1, 0.15) is 23.3 Å². The van der Waals surface area contributed by atoms with Crippen molar-refractivity contribution in [2.45, 2.75) is 0 Å². The van der Waals surface area contributed by atoms with E-state index in [1.165, 1.54) is 0 Å². The van der Waals surface area contributed by atoms with Crippen molar-refractivity contribution in [3.8, 4) is 56.9 Å². The lowest BCUT2D eigenvalue weighted by Crippen LogP contribution is -2.13. The normalized spacial score (nSPS) is 10.4. The summed E-state index contributed by atoms with van der Waals surface area (Å²) >= 11 is 0. The van der Waals surface area contributed by atoms with Gasteiger partial charge in [-0.15, -0.1) is 0 Å². The van der Waals surface area contributed by atoms with Gasteiger partial charge in [0.05, 0.1) is 11.4 Å². The van der Waals surface area contributed by atoms with E-state index in [1.54, 1.807) is 79.6 Å². The van der Waals surface area contributed by atoms with Gasteiger partial charge < -0.3 is 9.97 Å². The van der Waals surface area contributed by atoms with Crippen LogP contribution in [0.25, 0.3) is 44.8 Å². The molecule has 0 aliphatic rings. The first-order chi connectivity index (χ1) is 17.6. The van der Waals surface area contributed by atoms with Gasteiger partial charge in [-0.1, -0.05) is 12.1 Å². The third kappa shape index (κ3) is 4.04. The lowest BCUT2D eigenvalue weighted by atomic mass is 9.99. The van der Waals surface area contributed by atoms with Crippen LogP contribution in [0.5, 0.6) is 0 Å². The first-order valence-corrected chi connectivity index (χ1v) is 10.7. The summed E-state index contributed by atoms with van der Waals surface area (Å²) in [4.78, 5) is 43.3. The molecule has 5 heterocycles. The first-order valence-electron chi connectivity index (χ1n) is 10.7. The Morgan fingerprint density at radius 2 is 1.06 bits per heavy atom. The molecular formula is C27H15N7O2. The highest BCUT2D eigenvalue weighted by Gasteiger charge is 2.15. The van der Waals surface area contributed by atoms with Gasteiger partial charge in [-0.2, -0.15) is 10.5 Å². The summed E-state index contributed by atoms with van der Waals surface area (Å²) in [5, 5.41) is 19.1. The minimum absolute atomic E-state index is 0.0200. The van der Waals surface area contributed by atoms with Crippen LogP contribution >= 0.6 is 0 Å². The highest BCUT2D eigenvalue weighted by molar-refractivity contribution is 5.78. The Labute approximate surface area is 204 Å². The van der Waals surface area contributed by atoms with Crippen molar-refractivity contribution in [2.24, 2.45) is 0 Å². The predicted octanol–water partition coefficient (Wildman–Crippen LogP) is 3.66. The van der Waals surface area contributed by atoms with E-state index in [0.717, 1.165) is 0 Å². The zero-order valence-corrected chi connectivity index (χ0v) is 18.6. The van der Waals surface area contributed by atoms with Crippen molar-refractivity contribution in [1.29, 1.82) is 10.5 Å². The molecule has 2 N–H and O–H groups in total. The van der Waals surface area contributed by atoms with Gasteiger partial charge in [-0.25, -0.2) is 0 Å². The Kier molecular flexibility index (Phi) is 5.71. The average Bonchev–Trinajstić information content (AvgIpc) is 2.93. The number of hydrogen-bond acceptors (Lipinski definition) is 7. The first kappa shape index (κ1) is 22.1. The maximum atomic E-state index is 12.7. The second kappa shape index (κ2) is 9.29. The molecule has 170 valence electrons. The molecule has 9 nitrogen and oxygen atoms in total. The van der Waals surface area contributed by atoms with Crippen molar-refractivity contribution in [2.75, 3.05) is 0 Å².